The van der Waals surface area contributed by atoms with Gasteiger partial charge >= 0.3 is 12.1 Å². The predicted octanol–water partition coefficient (Wildman–Crippen LogP) is 4.12. The fraction of sp³-hybridized carbons (Fsp3) is 0.444. The van der Waals surface area contributed by atoms with Crippen molar-refractivity contribution in [3.05, 3.63) is 59.7 Å². The zero-order chi connectivity index (χ0) is 24.4. The third-order valence-electron chi connectivity index (χ3n) is 7.07. The van der Waals surface area contributed by atoms with Crippen molar-refractivity contribution >= 4 is 18.0 Å². The van der Waals surface area contributed by atoms with Gasteiger partial charge < -0.3 is 20.1 Å². The molecule has 0 bridgehead atoms. The summed E-state index contributed by atoms with van der Waals surface area (Å²) in [6.45, 7) is 6.78. The average Bonchev–Trinajstić information content (AvgIpc) is 3.32. The molecule has 0 saturated carbocycles. The maximum Gasteiger partial charge on any atom is 0.407 e. The number of nitrogens with zero attached hydrogens (tertiary/aromatic N) is 1. The summed E-state index contributed by atoms with van der Waals surface area (Å²) in [7, 11) is 0. The first-order chi connectivity index (χ1) is 16.3. The number of nitrogens with one attached hydrogen (secondary N) is 1. The van der Waals surface area contributed by atoms with Crippen molar-refractivity contribution in [2.75, 3.05) is 19.7 Å². The van der Waals surface area contributed by atoms with Gasteiger partial charge in [-0.05, 0) is 40.0 Å². The second-order valence-electron chi connectivity index (χ2n) is 9.77. The fourth-order valence-electron chi connectivity index (χ4n) is 5.18. The van der Waals surface area contributed by atoms with Crippen molar-refractivity contribution in [3.8, 4) is 11.1 Å². The molecule has 2 unspecified atom stereocenters. The molecule has 0 radical (unpaired) electrons. The van der Waals surface area contributed by atoms with Crippen LogP contribution < -0.4 is 5.32 Å². The highest BCUT2D eigenvalue weighted by Crippen LogP contribution is 2.44. The van der Waals surface area contributed by atoms with Crippen LogP contribution in [0.4, 0.5) is 4.79 Å². The average molecular weight is 465 g/mol. The molecule has 180 valence electrons. The normalized spacial score (nSPS) is 20.1. The van der Waals surface area contributed by atoms with Crippen LogP contribution in [0, 0.1) is 17.8 Å². The van der Waals surface area contributed by atoms with Crippen LogP contribution in [-0.4, -0.2) is 53.7 Å². The van der Waals surface area contributed by atoms with Crippen LogP contribution in [0.3, 0.4) is 0 Å². The van der Waals surface area contributed by atoms with Crippen LogP contribution in [-0.2, 0) is 14.3 Å². The van der Waals surface area contributed by atoms with Crippen molar-refractivity contribution < 1.29 is 24.2 Å². The van der Waals surface area contributed by atoms with Gasteiger partial charge in [-0.2, -0.15) is 0 Å². The molecule has 7 heteroatoms. The number of fused-ring (bicyclic) bond motifs is 3. The predicted molar refractivity (Wildman–Crippen MR) is 128 cm³/mol. The van der Waals surface area contributed by atoms with E-state index in [2.05, 4.69) is 29.6 Å². The van der Waals surface area contributed by atoms with E-state index in [4.69, 9.17) is 9.84 Å². The number of alkyl carbamates (subject to hydrolysis) is 1. The fourth-order valence-corrected chi connectivity index (χ4v) is 5.18. The Hall–Kier alpha value is -3.35. The van der Waals surface area contributed by atoms with Gasteiger partial charge in [-0.3, -0.25) is 9.59 Å². The highest BCUT2D eigenvalue weighted by molar-refractivity contribution is 5.86. The van der Waals surface area contributed by atoms with Crippen molar-refractivity contribution in [1.29, 1.82) is 0 Å². The molecule has 2 N–H and O–H groups in total. The van der Waals surface area contributed by atoms with Gasteiger partial charge in [0.1, 0.15) is 12.6 Å². The number of benzene rings is 2. The molecule has 2 aromatic carbocycles. The Labute approximate surface area is 200 Å². The van der Waals surface area contributed by atoms with Gasteiger partial charge in [-0.1, -0.05) is 69.3 Å². The van der Waals surface area contributed by atoms with Crippen molar-refractivity contribution in [2.45, 2.75) is 39.2 Å². The van der Waals surface area contributed by atoms with Crippen LogP contribution in [0.5, 0.6) is 0 Å². The Morgan fingerprint density at radius 1 is 1.03 bits per heavy atom. The lowest BCUT2D eigenvalue weighted by atomic mass is 9.95. The van der Waals surface area contributed by atoms with Crippen LogP contribution in [0.15, 0.2) is 48.5 Å². The molecule has 1 fully saturated rings. The molecule has 7 nitrogen and oxygen atoms in total. The smallest absolute Gasteiger partial charge is 0.407 e. The van der Waals surface area contributed by atoms with Crippen molar-refractivity contribution in [1.82, 2.24) is 10.2 Å². The molecule has 1 saturated heterocycles. The number of carbonyl (C=O) groups excluding carboxylic acids is 2. The summed E-state index contributed by atoms with van der Waals surface area (Å²) in [5.41, 5.74) is 4.56. The summed E-state index contributed by atoms with van der Waals surface area (Å²) in [5, 5.41) is 11.9. The summed E-state index contributed by atoms with van der Waals surface area (Å²) >= 11 is 0. The summed E-state index contributed by atoms with van der Waals surface area (Å²) in [5.74, 6) is -1.22. The number of hydrogen-bond acceptors (Lipinski definition) is 4. The first-order valence-corrected chi connectivity index (χ1v) is 11.9. The minimum atomic E-state index is -0.858. The first-order valence-electron chi connectivity index (χ1n) is 11.9. The van der Waals surface area contributed by atoms with E-state index >= 15 is 0 Å². The van der Waals surface area contributed by atoms with Crippen LogP contribution in [0.2, 0.25) is 0 Å². The lowest BCUT2D eigenvalue weighted by Gasteiger charge is -2.27. The van der Waals surface area contributed by atoms with Gasteiger partial charge in [-0.15, -0.1) is 0 Å². The first kappa shape index (κ1) is 23.8. The lowest BCUT2D eigenvalue weighted by Crippen LogP contribution is -2.51. The van der Waals surface area contributed by atoms with E-state index in [1.165, 1.54) is 0 Å². The number of ether oxygens (including phenoxy) is 1. The SMILES string of the molecule is CC1CN(C(=O)[C@H](NC(=O)OCC2c3ccccc3-c3ccccc32)C(C)C)CC1CC(=O)O. The molecule has 0 aromatic heterocycles. The van der Waals surface area contributed by atoms with Crippen LogP contribution in [0.1, 0.15) is 44.2 Å². The molecule has 2 amide bonds. The molecular formula is C27H32N2O5. The van der Waals surface area contributed by atoms with E-state index in [9.17, 15) is 14.4 Å². The number of carboxylic acid groups (broad SMARTS) is 1. The zero-order valence-corrected chi connectivity index (χ0v) is 19.9. The zero-order valence-electron chi connectivity index (χ0n) is 19.9. The Bertz CT molecular complexity index is 1040. The molecule has 0 spiro atoms. The van der Waals surface area contributed by atoms with Crippen molar-refractivity contribution in [2.24, 2.45) is 17.8 Å². The Morgan fingerprint density at radius 2 is 1.62 bits per heavy atom. The highest BCUT2D eigenvalue weighted by Gasteiger charge is 2.38. The maximum atomic E-state index is 13.2. The van der Waals surface area contributed by atoms with E-state index in [1.54, 1.807) is 4.90 Å². The second-order valence-corrected chi connectivity index (χ2v) is 9.77. The largest absolute Gasteiger partial charge is 0.481 e. The van der Waals surface area contributed by atoms with Crippen LogP contribution >= 0.6 is 0 Å². The number of amides is 2. The van der Waals surface area contributed by atoms with Gasteiger partial charge in [0.05, 0.1) is 6.42 Å². The van der Waals surface area contributed by atoms with Crippen LogP contribution in [0.25, 0.3) is 11.1 Å². The maximum absolute atomic E-state index is 13.2. The van der Waals surface area contributed by atoms with Gasteiger partial charge in [0.2, 0.25) is 5.91 Å². The Balaban J connectivity index is 1.40. The molecule has 2 aromatic rings. The van der Waals surface area contributed by atoms with Crippen molar-refractivity contribution in [3.63, 3.8) is 0 Å². The quantitative estimate of drug-likeness (QED) is 0.643. The van der Waals surface area contributed by atoms with E-state index in [0.717, 1.165) is 22.3 Å². The standard InChI is InChI=1S/C27H32N2O5/c1-16(2)25(26(32)29-13-17(3)18(14-29)12-24(30)31)28-27(33)34-15-23-21-10-6-4-8-19(21)20-9-5-7-11-22(20)23/h4-11,16-18,23,25H,12-15H2,1-3H3,(H,28,33)(H,30,31)/t17?,18?,25-/m1/s1. The minimum absolute atomic E-state index is 0.0388. The third kappa shape index (κ3) is 4.79. The lowest BCUT2D eigenvalue weighted by molar-refractivity contribution is -0.139. The Kier molecular flexibility index (Phi) is 6.91. The summed E-state index contributed by atoms with van der Waals surface area (Å²) < 4.78 is 5.63. The van der Waals surface area contributed by atoms with Gasteiger partial charge in [-0.25, -0.2) is 4.79 Å². The van der Waals surface area contributed by atoms with Gasteiger partial charge in [0.15, 0.2) is 0 Å². The monoisotopic (exact) mass is 464 g/mol. The molecule has 34 heavy (non-hydrogen) atoms. The second kappa shape index (κ2) is 9.87. The number of likely N-dealkylation sites (tertiary alicyclic amines) is 1. The molecule has 4 rings (SSSR count). The molecule has 1 aliphatic carbocycles. The number of carbonyl (C=O) groups is 3. The summed E-state index contributed by atoms with van der Waals surface area (Å²) in [6.07, 6.45) is -0.583. The number of carboxylic acids is 1. The molecular weight excluding hydrogens is 432 g/mol. The van der Waals surface area contributed by atoms with E-state index in [1.807, 2.05) is 45.0 Å². The minimum Gasteiger partial charge on any atom is -0.481 e. The molecule has 1 aliphatic heterocycles. The third-order valence-corrected chi connectivity index (χ3v) is 7.07. The van der Waals surface area contributed by atoms with E-state index in [0.29, 0.717) is 13.1 Å². The number of hydrogen-bond donors (Lipinski definition) is 2. The summed E-state index contributed by atoms with van der Waals surface area (Å²) in [4.78, 5) is 38.7. The number of rotatable bonds is 7. The topological polar surface area (TPSA) is 95.9 Å². The van der Waals surface area contributed by atoms with E-state index < -0.39 is 18.1 Å². The summed E-state index contributed by atoms with van der Waals surface area (Å²) in [6, 6.07) is 15.5. The number of aliphatic carboxylic acids is 1. The Morgan fingerprint density at radius 3 is 2.18 bits per heavy atom. The van der Waals surface area contributed by atoms with Gasteiger partial charge in [0, 0.05) is 19.0 Å². The molecule has 3 atom stereocenters. The van der Waals surface area contributed by atoms with E-state index in [-0.39, 0.29) is 42.6 Å². The molecule has 1 heterocycles. The molecule has 2 aliphatic rings. The van der Waals surface area contributed by atoms with Gasteiger partial charge in [0.25, 0.3) is 0 Å². The highest BCUT2D eigenvalue weighted by atomic mass is 16.5.